The molecule has 1 aromatic carbocycles. The van der Waals surface area contributed by atoms with Crippen molar-refractivity contribution in [3.8, 4) is 23.1 Å². The van der Waals surface area contributed by atoms with Crippen molar-refractivity contribution in [1.29, 1.82) is 5.26 Å². The Labute approximate surface area is 105 Å². The minimum absolute atomic E-state index is 0.525. The van der Waals surface area contributed by atoms with Crippen LogP contribution in [0.5, 0.6) is 5.75 Å². The van der Waals surface area contributed by atoms with Gasteiger partial charge in [0.2, 0.25) is 5.95 Å². The molecule has 0 aliphatic rings. The molecule has 2 rings (SSSR count). The first-order valence-electron chi connectivity index (χ1n) is 5.38. The molecule has 90 valence electrons. The van der Waals surface area contributed by atoms with Gasteiger partial charge in [-0.15, -0.1) is 0 Å². The third-order valence-corrected chi connectivity index (χ3v) is 2.48. The summed E-state index contributed by atoms with van der Waals surface area (Å²) >= 11 is 0. The van der Waals surface area contributed by atoms with Gasteiger partial charge in [-0.25, -0.2) is 9.97 Å². The first kappa shape index (κ1) is 11.9. The molecular formula is C13H12N4O. The summed E-state index contributed by atoms with van der Waals surface area (Å²) in [5, 5.41) is 11.8. The van der Waals surface area contributed by atoms with Crippen molar-refractivity contribution in [2.75, 3.05) is 19.5 Å². The third kappa shape index (κ3) is 2.23. The van der Waals surface area contributed by atoms with Crippen molar-refractivity contribution in [1.82, 2.24) is 9.97 Å². The van der Waals surface area contributed by atoms with E-state index in [4.69, 9.17) is 10.00 Å². The first-order valence-corrected chi connectivity index (χ1v) is 5.38. The molecule has 18 heavy (non-hydrogen) atoms. The highest BCUT2D eigenvalue weighted by Crippen LogP contribution is 2.29. The van der Waals surface area contributed by atoms with Crippen LogP contribution < -0.4 is 10.1 Å². The Bertz CT molecular complexity index is 604. The normalized spacial score (nSPS) is 9.61. The molecule has 0 spiro atoms. The summed E-state index contributed by atoms with van der Waals surface area (Å²) in [4.78, 5) is 8.39. The number of hydrogen-bond acceptors (Lipinski definition) is 5. The minimum Gasteiger partial charge on any atom is -0.496 e. The highest BCUT2D eigenvalue weighted by molar-refractivity contribution is 5.69. The number of anilines is 1. The molecule has 0 aliphatic carbocycles. The topological polar surface area (TPSA) is 70.8 Å². The van der Waals surface area contributed by atoms with Crippen molar-refractivity contribution >= 4 is 5.95 Å². The lowest BCUT2D eigenvalue weighted by molar-refractivity contribution is 0.416. The SMILES string of the molecule is CNc1nccc(-c2cc(C#N)ccc2OC)n1. The van der Waals surface area contributed by atoms with E-state index in [0.717, 1.165) is 5.56 Å². The Morgan fingerprint density at radius 3 is 2.83 bits per heavy atom. The number of hydrogen-bond donors (Lipinski definition) is 1. The van der Waals surface area contributed by atoms with Crippen LogP contribution in [0.1, 0.15) is 5.56 Å². The number of aromatic nitrogens is 2. The predicted molar refractivity (Wildman–Crippen MR) is 68.3 cm³/mol. The van der Waals surface area contributed by atoms with E-state index in [9.17, 15) is 0 Å². The van der Waals surface area contributed by atoms with Gasteiger partial charge in [0.05, 0.1) is 24.4 Å². The molecule has 5 nitrogen and oxygen atoms in total. The van der Waals surface area contributed by atoms with Gasteiger partial charge in [-0.3, -0.25) is 0 Å². The maximum Gasteiger partial charge on any atom is 0.222 e. The summed E-state index contributed by atoms with van der Waals surface area (Å²) in [6.45, 7) is 0. The molecule has 0 saturated carbocycles. The fraction of sp³-hybridized carbons (Fsp3) is 0.154. The Morgan fingerprint density at radius 1 is 1.33 bits per heavy atom. The van der Waals surface area contributed by atoms with Gasteiger partial charge in [0.15, 0.2) is 0 Å². The average Bonchev–Trinajstić information content (AvgIpc) is 2.46. The van der Waals surface area contributed by atoms with E-state index in [1.165, 1.54) is 0 Å². The van der Waals surface area contributed by atoms with Crippen LogP contribution in [0.4, 0.5) is 5.95 Å². The van der Waals surface area contributed by atoms with E-state index in [0.29, 0.717) is 23.0 Å². The number of nitriles is 1. The van der Waals surface area contributed by atoms with Crippen LogP contribution in [0.25, 0.3) is 11.3 Å². The van der Waals surface area contributed by atoms with Gasteiger partial charge in [0.25, 0.3) is 0 Å². The van der Waals surface area contributed by atoms with Gasteiger partial charge in [-0.05, 0) is 24.3 Å². The smallest absolute Gasteiger partial charge is 0.222 e. The molecule has 1 N–H and O–H groups in total. The van der Waals surface area contributed by atoms with E-state index in [1.54, 1.807) is 44.6 Å². The van der Waals surface area contributed by atoms with Gasteiger partial charge in [0, 0.05) is 18.8 Å². The summed E-state index contributed by atoms with van der Waals surface area (Å²) in [5.41, 5.74) is 2.05. The van der Waals surface area contributed by atoms with Crippen molar-refractivity contribution < 1.29 is 4.74 Å². The molecule has 1 aromatic heterocycles. The molecule has 0 atom stereocenters. The number of ether oxygens (including phenoxy) is 1. The summed E-state index contributed by atoms with van der Waals surface area (Å²) in [5.74, 6) is 1.20. The highest BCUT2D eigenvalue weighted by Gasteiger charge is 2.09. The first-order chi connectivity index (χ1) is 8.78. The monoisotopic (exact) mass is 240 g/mol. The second kappa shape index (κ2) is 5.15. The van der Waals surface area contributed by atoms with Crippen molar-refractivity contribution in [2.24, 2.45) is 0 Å². The number of nitrogens with zero attached hydrogens (tertiary/aromatic N) is 3. The van der Waals surface area contributed by atoms with Gasteiger partial charge >= 0.3 is 0 Å². The number of benzene rings is 1. The van der Waals surface area contributed by atoms with E-state index in [-0.39, 0.29) is 0 Å². The summed E-state index contributed by atoms with van der Waals surface area (Å²) in [7, 11) is 3.34. The zero-order valence-electron chi connectivity index (χ0n) is 10.1. The Morgan fingerprint density at radius 2 is 2.17 bits per heavy atom. The standard InChI is InChI=1S/C13H12N4O/c1-15-13-16-6-5-11(17-13)10-7-9(8-14)3-4-12(10)18-2/h3-7H,1-2H3,(H,15,16,17). The molecule has 0 unspecified atom stereocenters. The molecule has 5 heteroatoms. The van der Waals surface area contributed by atoms with Crippen LogP contribution in [-0.2, 0) is 0 Å². The Kier molecular flexibility index (Phi) is 3.39. The maximum absolute atomic E-state index is 8.94. The van der Waals surface area contributed by atoms with E-state index in [1.807, 2.05) is 0 Å². The summed E-state index contributed by atoms with van der Waals surface area (Å²) in [6.07, 6.45) is 1.66. The molecule has 0 fully saturated rings. The molecule has 0 bridgehead atoms. The molecule has 1 heterocycles. The maximum atomic E-state index is 8.94. The Hall–Kier alpha value is -2.61. The molecule has 0 radical (unpaired) electrons. The van der Waals surface area contributed by atoms with Crippen molar-refractivity contribution in [2.45, 2.75) is 0 Å². The van der Waals surface area contributed by atoms with Gasteiger partial charge in [-0.1, -0.05) is 0 Å². The second-order valence-electron chi connectivity index (χ2n) is 3.54. The molecule has 0 saturated heterocycles. The minimum atomic E-state index is 0.525. The van der Waals surface area contributed by atoms with Crippen LogP contribution >= 0.6 is 0 Å². The lowest BCUT2D eigenvalue weighted by Crippen LogP contribution is -1.98. The fourth-order valence-electron chi connectivity index (χ4n) is 1.61. The quantitative estimate of drug-likeness (QED) is 0.889. The van der Waals surface area contributed by atoms with Crippen LogP contribution in [0, 0.1) is 11.3 Å². The van der Waals surface area contributed by atoms with E-state index in [2.05, 4.69) is 21.4 Å². The average molecular weight is 240 g/mol. The number of methoxy groups -OCH3 is 1. The predicted octanol–water partition coefficient (Wildman–Crippen LogP) is 2.07. The molecular weight excluding hydrogens is 228 g/mol. The van der Waals surface area contributed by atoms with Crippen LogP contribution in [0.15, 0.2) is 30.5 Å². The summed E-state index contributed by atoms with van der Waals surface area (Å²) in [6, 6.07) is 9.10. The fourth-order valence-corrected chi connectivity index (χ4v) is 1.61. The van der Waals surface area contributed by atoms with Gasteiger partial charge in [0.1, 0.15) is 5.75 Å². The lowest BCUT2D eigenvalue weighted by Gasteiger charge is -2.09. The lowest BCUT2D eigenvalue weighted by atomic mass is 10.1. The van der Waals surface area contributed by atoms with Crippen molar-refractivity contribution in [3.05, 3.63) is 36.0 Å². The van der Waals surface area contributed by atoms with Crippen LogP contribution in [0.3, 0.4) is 0 Å². The van der Waals surface area contributed by atoms with Crippen LogP contribution in [0.2, 0.25) is 0 Å². The number of nitrogens with one attached hydrogen (secondary N) is 1. The Balaban J connectivity index is 2.57. The zero-order valence-corrected chi connectivity index (χ0v) is 10.1. The van der Waals surface area contributed by atoms with Crippen LogP contribution in [-0.4, -0.2) is 24.1 Å². The second-order valence-corrected chi connectivity index (χ2v) is 3.54. The van der Waals surface area contributed by atoms with E-state index >= 15 is 0 Å². The van der Waals surface area contributed by atoms with Gasteiger partial charge in [-0.2, -0.15) is 5.26 Å². The van der Waals surface area contributed by atoms with E-state index < -0.39 is 0 Å². The molecule has 0 aliphatic heterocycles. The highest BCUT2D eigenvalue weighted by atomic mass is 16.5. The molecule has 0 amide bonds. The molecule has 2 aromatic rings. The van der Waals surface area contributed by atoms with Crippen molar-refractivity contribution in [3.63, 3.8) is 0 Å². The zero-order chi connectivity index (χ0) is 13.0. The number of rotatable bonds is 3. The summed E-state index contributed by atoms with van der Waals surface area (Å²) < 4.78 is 5.28. The third-order valence-electron chi connectivity index (χ3n) is 2.48. The largest absolute Gasteiger partial charge is 0.496 e. The van der Waals surface area contributed by atoms with Gasteiger partial charge < -0.3 is 10.1 Å².